The molecular weight excluding hydrogens is 326 g/mol. The SMILES string of the molecule is Cc1cccc(C)c1CC(=O)N1CCC(c2nnc3n2CCNC3)CC1. The molecule has 1 amide bonds. The number of rotatable bonds is 3. The maximum Gasteiger partial charge on any atom is 0.227 e. The van der Waals surface area contributed by atoms with Crippen LogP contribution in [0, 0.1) is 13.8 Å². The summed E-state index contributed by atoms with van der Waals surface area (Å²) < 4.78 is 2.27. The summed E-state index contributed by atoms with van der Waals surface area (Å²) in [4.78, 5) is 14.8. The number of likely N-dealkylation sites (tertiary alicyclic amines) is 1. The lowest BCUT2D eigenvalue weighted by atomic mass is 9.94. The third-order valence-electron chi connectivity index (χ3n) is 5.84. The average Bonchev–Trinajstić information content (AvgIpc) is 3.09. The van der Waals surface area contributed by atoms with Gasteiger partial charge in [-0.1, -0.05) is 18.2 Å². The number of benzene rings is 1. The summed E-state index contributed by atoms with van der Waals surface area (Å²) in [5.41, 5.74) is 3.59. The number of nitrogens with one attached hydrogen (secondary N) is 1. The molecule has 0 atom stereocenters. The van der Waals surface area contributed by atoms with Crippen molar-refractivity contribution in [3.05, 3.63) is 46.5 Å². The zero-order valence-electron chi connectivity index (χ0n) is 15.7. The topological polar surface area (TPSA) is 63.1 Å². The smallest absolute Gasteiger partial charge is 0.227 e. The van der Waals surface area contributed by atoms with E-state index in [0.29, 0.717) is 12.3 Å². The number of aromatic nitrogens is 3. The first-order valence-corrected chi connectivity index (χ1v) is 9.59. The fraction of sp³-hybridized carbons (Fsp3) is 0.550. The van der Waals surface area contributed by atoms with Crippen LogP contribution >= 0.6 is 0 Å². The Morgan fingerprint density at radius 2 is 1.88 bits per heavy atom. The van der Waals surface area contributed by atoms with Crippen molar-refractivity contribution in [1.29, 1.82) is 0 Å². The number of piperidine rings is 1. The van der Waals surface area contributed by atoms with Crippen LogP contribution in [0.3, 0.4) is 0 Å². The highest BCUT2D eigenvalue weighted by Gasteiger charge is 2.28. The minimum Gasteiger partial charge on any atom is -0.342 e. The van der Waals surface area contributed by atoms with Crippen LogP contribution in [-0.4, -0.2) is 45.2 Å². The highest BCUT2D eigenvalue weighted by Crippen LogP contribution is 2.28. The van der Waals surface area contributed by atoms with Crippen LogP contribution in [0.25, 0.3) is 0 Å². The number of carbonyl (C=O) groups is 1. The van der Waals surface area contributed by atoms with Crippen LogP contribution in [0.2, 0.25) is 0 Å². The summed E-state index contributed by atoms with van der Waals surface area (Å²) in [6.07, 6.45) is 2.46. The number of hydrogen-bond donors (Lipinski definition) is 1. The van der Waals surface area contributed by atoms with Gasteiger partial charge in [0.15, 0.2) is 0 Å². The van der Waals surface area contributed by atoms with Gasteiger partial charge in [0, 0.05) is 32.1 Å². The Labute approximate surface area is 154 Å². The van der Waals surface area contributed by atoms with Crippen LogP contribution in [0.5, 0.6) is 0 Å². The van der Waals surface area contributed by atoms with Crippen molar-refractivity contribution in [2.75, 3.05) is 19.6 Å². The largest absolute Gasteiger partial charge is 0.342 e. The molecule has 2 aliphatic rings. The maximum atomic E-state index is 12.8. The molecule has 2 aromatic rings. The van der Waals surface area contributed by atoms with E-state index < -0.39 is 0 Å². The lowest BCUT2D eigenvalue weighted by molar-refractivity contribution is -0.131. The second-order valence-corrected chi connectivity index (χ2v) is 7.51. The van der Waals surface area contributed by atoms with Gasteiger partial charge in [0.1, 0.15) is 11.6 Å². The van der Waals surface area contributed by atoms with Crippen molar-refractivity contribution in [2.45, 2.75) is 52.1 Å². The Kier molecular flexibility index (Phi) is 4.76. The molecule has 1 aromatic carbocycles. The summed E-state index contributed by atoms with van der Waals surface area (Å²) in [5, 5.41) is 12.1. The lowest BCUT2D eigenvalue weighted by Gasteiger charge is -2.32. The van der Waals surface area contributed by atoms with E-state index in [9.17, 15) is 4.79 Å². The zero-order valence-corrected chi connectivity index (χ0v) is 15.7. The molecule has 3 heterocycles. The van der Waals surface area contributed by atoms with Gasteiger partial charge >= 0.3 is 0 Å². The first-order chi connectivity index (χ1) is 12.6. The van der Waals surface area contributed by atoms with Crippen molar-refractivity contribution >= 4 is 5.91 Å². The molecular formula is C20H27N5O. The van der Waals surface area contributed by atoms with E-state index in [1.54, 1.807) is 0 Å². The zero-order chi connectivity index (χ0) is 18.1. The molecule has 0 aliphatic carbocycles. The molecule has 1 saturated heterocycles. The molecule has 2 aliphatic heterocycles. The van der Waals surface area contributed by atoms with Gasteiger partial charge in [0.2, 0.25) is 5.91 Å². The molecule has 0 spiro atoms. The third-order valence-corrected chi connectivity index (χ3v) is 5.84. The van der Waals surface area contributed by atoms with E-state index in [2.05, 4.69) is 52.1 Å². The molecule has 1 N–H and O–H groups in total. The van der Waals surface area contributed by atoms with E-state index in [0.717, 1.165) is 57.2 Å². The Morgan fingerprint density at radius 1 is 1.15 bits per heavy atom. The number of aryl methyl sites for hydroxylation is 2. The molecule has 0 unspecified atom stereocenters. The van der Waals surface area contributed by atoms with Gasteiger partial charge in [-0.05, 0) is 43.4 Å². The monoisotopic (exact) mass is 353 g/mol. The van der Waals surface area contributed by atoms with Crippen molar-refractivity contribution in [3.8, 4) is 0 Å². The molecule has 0 bridgehead atoms. The van der Waals surface area contributed by atoms with Crippen molar-refractivity contribution in [3.63, 3.8) is 0 Å². The van der Waals surface area contributed by atoms with Crippen molar-refractivity contribution in [1.82, 2.24) is 25.0 Å². The van der Waals surface area contributed by atoms with Crippen LogP contribution in [0.4, 0.5) is 0 Å². The Balaban J connectivity index is 1.39. The van der Waals surface area contributed by atoms with Crippen LogP contribution in [0.15, 0.2) is 18.2 Å². The van der Waals surface area contributed by atoms with E-state index in [-0.39, 0.29) is 5.91 Å². The van der Waals surface area contributed by atoms with Crippen LogP contribution in [0.1, 0.15) is 47.1 Å². The predicted molar refractivity (Wildman–Crippen MR) is 99.9 cm³/mol. The van der Waals surface area contributed by atoms with Crippen LogP contribution < -0.4 is 5.32 Å². The third kappa shape index (κ3) is 3.26. The summed E-state index contributed by atoms with van der Waals surface area (Å²) in [6, 6.07) is 6.23. The molecule has 26 heavy (non-hydrogen) atoms. The molecule has 6 heteroatoms. The second kappa shape index (κ2) is 7.19. The Morgan fingerprint density at radius 3 is 2.62 bits per heavy atom. The van der Waals surface area contributed by atoms with Gasteiger partial charge < -0.3 is 14.8 Å². The minimum atomic E-state index is 0.244. The van der Waals surface area contributed by atoms with E-state index in [4.69, 9.17) is 0 Å². The normalized spacial score (nSPS) is 18.0. The van der Waals surface area contributed by atoms with Gasteiger partial charge in [-0.15, -0.1) is 10.2 Å². The van der Waals surface area contributed by atoms with Crippen molar-refractivity contribution in [2.24, 2.45) is 0 Å². The minimum absolute atomic E-state index is 0.244. The van der Waals surface area contributed by atoms with Crippen LogP contribution in [-0.2, 0) is 24.3 Å². The molecule has 4 rings (SSSR count). The standard InChI is InChI=1S/C20H27N5O/c1-14-4-3-5-15(2)17(14)12-19(26)24-9-6-16(7-10-24)20-23-22-18-13-21-8-11-25(18)20/h3-5,16,21H,6-13H2,1-2H3. The number of amides is 1. The highest BCUT2D eigenvalue weighted by atomic mass is 16.2. The molecule has 138 valence electrons. The van der Waals surface area contributed by atoms with Gasteiger partial charge in [-0.3, -0.25) is 4.79 Å². The Hall–Kier alpha value is -2.21. The van der Waals surface area contributed by atoms with Gasteiger partial charge in [0.25, 0.3) is 0 Å². The molecule has 0 radical (unpaired) electrons. The first-order valence-electron chi connectivity index (χ1n) is 9.59. The molecule has 0 saturated carbocycles. The first kappa shape index (κ1) is 17.2. The summed E-state index contributed by atoms with van der Waals surface area (Å²) in [5.74, 6) is 2.81. The number of nitrogens with zero attached hydrogens (tertiary/aromatic N) is 4. The van der Waals surface area contributed by atoms with E-state index in [1.165, 1.54) is 16.7 Å². The molecule has 1 aromatic heterocycles. The van der Waals surface area contributed by atoms with Crippen molar-refractivity contribution < 1.29 is 4.79 Å². The summed E-state index contributed by atoms with van der Waals surface area (Å²) in [6.45, 7) is 8.54. The Bertz CT molecular complexity index is 784. The van der Waals surface area contributed by atoms with Gasteiger partial charge in [-0.2, -0.15) is 0 Å². The summed E-state index contributed by atoms with van der Waals surface area (Å²) in [7, 11) is 0. The average molecular weight is 353 g/mol. The molecule has 1 fully saturated rings. The van der Waals surface area contributed by atoms with E-state index >= 15 is 0 Å². The highest BCUT2D eigenvalue weighted by molar-refractivity contribution is 5.79. The second-order valence-electron chi connectivity index (χ2n) is 7.51. The number of hydrogen-bond acceptors (Lipinski definition) is 4. The number of fused-ring (bicyclic) bond motifs is 1. The fourth-order valence-corrected chi connectivity index (χ4v) is 4.19. The lowest BCUT2D eigenvalue weighted by Crippen LogP contribution is -2.39. The molecule has 6 nitrogen and oxygen atoms in total. The fourth-order valence-electron chi connectivity index (χ4n) is 4.19. The predicted octanol–water partition coefficient (Wildman–Crippen LogP) is 1.95. The van der Waals surface area contributed by atoms with Gasteiger partial charge in [0.05, 0.1) is 13.0 Å². The van der Waals surface area contributed by atoms with Gasteiger partial charge in [-0.25, -0.2) is 0 Å². The quantitative estimate of drug-likeness (QED) is 0.916. The summed E-state index contributed by atoms with van der Waals surface area (Å²) >= 11 is 0. The van der Waals surface area contributed by atoms with E-state index in [1.807, 2.05) is 4.90 Å². The number of carbonyl (C=O) groups excluding carboxylic acids is 1. The maximum absolute atomic E-state index is 12.8.